The lowest BCUT2D eigenvalue weighted by atomic mass is 10.2. The summed E-state index contributed by atoms with van der Waals surface area (Å²) in [7, 11) is 0. The molecule has 0 radical (unpaired) electrons. The first-order valence-corrected chi connectivity index (χ1v) is 6.77. The zero-order chi connectivity index (χ0) is 15.9. The summed E-state index contributed by atoms with van der Waals surface area (Å²) in [5.41, 5.74) is 8.45. The molecule has 5 heteroatoms. The van der Waals surface area contributed by atoms with Crippen molar-refractivity contribution < 1.29 is 4.79 Å². The van der Waals surface area contributed by atoms with Gasteiger partial charge in [0.2, 0.25) is 0 Å². The molecule has 0 bridgehead atoms. The minimum atomic E-state index is -0.205. The smallest absolute Gasteiger partial charge is 0.196 e. The number of carbonyl (C=O) groups is 1. The summed E-state index contributed by atoms with van der Waals surface area (Å²) in [5.74, 6) is -0.0261. The summed E-state index contributed by atoms with van der Waals surface area (Å²) in [6, 6.07) is 16.6. The van der Waals surface area contributed by atoms with E-state index in [0.717, 1.165) is 5.56 Å². The van der Waals surface area contributed by atoms with Crippen molar-refractivity contribution in [2.45, 2.75) is 13.8 Å². The van der Waals surface area contributed by atoms with Crippen molar-refractivity contribution in [1.29, 1.82) is 5.26 Å². The summed E-state index contributed by atoms with van der Waals surface area (Å²) in [4.78, 5) is 16.0. The molecular formula is C17H16N4O. The number of nitrogens with one attached hydrogen (secondary N) is 2. The second-order valence-corrected chi connectivity index (χ2v) is 4.76. The summed E-state index contributed by atoms with van der Waals surface area (Å²) in [5, 5.41) is 9.04. The predicted octanol–water partition coefficient (Wildman–Crippen LogP) is 3.10. The van der Waals surface area contributed by atoms with Crippen molar-refractivity contribution in [3.05, 3.63) is 59.7 Å². The molecule has 5 nitrogen and oxygen atoms in total. The van der Waals surface area contributed by atoms with Crippen molar-refractivity contribution in [3.63, 3.8) is 0 Å². The van der Waals surface area contributed by atoms with E-state index in [0.29, 0.717) is 16.9 Å². The Balaban J connectivity index is 2.20. The molecule has 0 aliphatic carbocycles. The van der Waals surface area contributed by atoms with Crippen LogP contribution in [0.15, 0.2) is 53.5 Å². The molecule has 110 valence electrons. The van der Waals surface area contributed by atoms with Gasteiger partial charge in [0, 0.05) is 6.92 Å². The van der Waals surface area contributed by atoms with Crippen molar-refractivity contribution in [1.82, 2.24) is 5.43 Å². The number of amidine groups is 1. The van der Waals surface area contributed by atoms with Crippen molar-refractivity contribution in [2.24, 2.45) is 4.99 Å². The molecule has 0 aliphatic heterocycles. The fourth-order valence-electron chi connectivity index (χ4n) is 1.84. The summed E-state index contributed by atoms with van der Waals surface area (Å²) in [6.45, 7) is 3.39. The minimum Gasteiger partial charge on any atom is -0.298 e. The molecule has 2 aromatic rings. The first-order chi connectivity index (χ1) is 10.6. The van der Waals surface area contributed by atoms with Crippen molar-refractivity contribution in [3.8, 4) is 6.07 Å². The number of benzene rings is 2. The minimum absolute atomic E-state index is 0.179. The van der Waals surface area contributed by atoms with E-state index in [4.69, 9.17) is 5.26 Å². The quantitative estimate of drug-likeness (QED) is 0.515. The Morgan fingerprint density at radius 2 is 1.95 bits per heavy atom. The Hall–Kier alpha value is -3.13. The van der Waals surface area contributed by atoms with E-state index in [1.165, 1.54) is 6.92 Å². The van der Waals surface area contributed by atoms with Gasteiger partial charge in [-0.2, -0.15) is 5.26 Å². The fourth-order valence-corrected chi connectivity index (χ4v) is 1.84. The van der Waals surface area contributed by atoms with Crippen molar-refractivity contribution >= 4 is 23.0 Å². The largest absolute Gasteiger partial charge is 0.298 e. The SMILES string of the molecule is CC(=O)C(=Nc1cccc(C)c1)NNc1ccccc1C#N. The van der Waals surface area contributed by atoms with Gasteiger partial charge < -0.3 is 0 Å². The average Bonchev–Trinajstić information content (AvgIpc) is 2.51. The number of carbonyl (C=O) groups excluding carboxylic acids is 1. The molecule has 0 atom stereocenters. The van der Waals surface area contributed by atoms with Gasteiger partial charge in [0.25, 0.3) is 0 Å². The number of hydrogen-bond acceptors (Lipinski definition) is 4. The highest BCUT2D eigenvalue weighted by molar-refractivity contribution is 6.38. The number of aliphatic imine (C=N–C) groups is 1. The highest BCUT2D eigenvalue weighted by atomic mass is 16.1. The van der Waals surface area contributed by atoms with Gasteiger partial charge in [0.1, 0.15) is 6.07 Å². The molecule has 22 heavy (non-hydrogen) atoms. The van der Waals surface area contributed by atoms with Gasteiger partial charge in [-0.05, 0) is 36.8 Å². The molecule has 0 amide bonds. The molecule has 2 N–H and O–H groups in total. The number of rotatable bonds is 4. The Morgan fingerprint density at radius 3 is 2.64 bits per heavy atom. The maximum absolute atomic E-state index is 11.7. The van der Waals surface area contributed by atoms with E-state index in [9.17, 15) is 4.79 Å². The van der Waals surface area contributed by atoms with Crippen LogP contribution >= 0.6 is 0 Å². The fraction of sp³-hybridized carbons (Fsp3) is 0.118. The lowest BCUT2D eigenvalue weighted by Gasteiger charge is -2.11. The first-order valence-electron chi connectivity index (χ1n) is 6.77. The van der Waals surface area contributed by atoms with Crippen LogP contribution in [0.5, 0.6) is 0 Å². The van der Waals surface area contributed by atoms with Gasteiger partial charge in [0.15, 0.2) is 11.6 Å². The topological polar surface area (TPSA) is 77.3 Å². The molecule has 0 saturated carbocycles. The number of hydrazine groups is 1. The first kappa shape index (κ1) is 15.3. The van der Waals surface area contributed by atoms with Gasteiger partial charge in [-0.1, -0.05) is 24.3 Å². The number of hydrogen-bond donors (Lipinski definition) is 2. The molecule has 0 saturated heterocycles. The highest BCUT2D eigenvalue weighted by Crippen LogP contribution is 2.14. The van der Waals surface area contributed by atoms with E-state index in [2.05, 4.69) is 21.9 Å². The van der Waals surface area contributed by atoms with Crippen LogP contribution in [0.25, 0.3) is 0 Å². The van der Waals surface area contributed by atoms with Gasteiger partial charge >= 0.3 is 0 Å². The van der Waals surface area contributed by atoms with Gasteiger partial charge in [-0.15, -0.1) is 0 Å². The maximum Gasteiger partial charge on any atom is 0.196 e. The molecule has 0 fully saturated rings. The summed E-state index contributed by atoms with van der Waals surface area (Å²) < 4.78 is 0. The normalized spacial score (nSPS) is 10.7. The van der Waals surface area contributed by atoms with Crippen LogP contribution in [-0.2, 0) is 4.79 Å². The molecular weight excluding hydrogens is 276 g/mol. The van der Waals surface area contributed by atoms with Crippen LogP contribution in [0.4, 0.5) is 11.4 Å². The van der Waals surface area contributed by atoms with E-state index in [1.807, 2.05) is 31.2 Å². The number of nitrogens with zero attached hydrogens (tertiary/aromatic N) is 2. The second kappa shape index (κ2) is 7.04. The number of aryl methyl sites for hydroxylation is 1. The zero-order valence-electron chi connectivity index (χ0n) is 12.4. The van der Waals surface area contributed by atoms with Crippen LogP contribution in [0.3, 0.4) is 0 Å². The lowest BCUT2D eigenvalue weighted by Crippen LogP contribution is -2.34. The van der Waals surface area contributed by atoms with Crippen molar-refractivity contribution in [2.75, 3.05) is 5.43 Å². The van der Waals surface area contributed by atoms with Crippen LogP contribution in [0, 0.1) is 18.3 Å². The van der Waals surface area contributed by atoms with Gasteiger partial charge in [0.05, 0.1) is 16.9 Å². The Morgan fingerprint density at radius 1 is 1.18 bits per heavy atom. The van der Waals surface area contributed by atoms with E-state index >= 15 is 0 Å². The molecule has 0 aliphatic rings. The van der Waals surface area contributed by atoms with Crippen LogP contribution in [0.1, 0.15) is 18.1 Å². The second-order valence-electron chi connectivity index (χ2n) is 4.76. The third-order valence-electron chi connectivity index (χ3n) is 2.94. The molecule has 2 rings (SSSR count). The molecule has 0 unspecified atom stereocenters. The van der Waals surface area contributed by atoms with Crippen LogP contribution < -0.4 is 10.9 Å². The Kier molecular flexibility index (Phi) is 4.89. The zero-order valence-corrected chi connectivity index (χ0v) is 12.4. The predicted molar refractivity (Wildman–Crippen MR) is 86.9 cm³/mol. The van der Waals surface area contributed by atoms with E-state index in [1.54, 1.807) is 24.3 Å². The number of ketones is 1. The third kappa shape index (κ3) is 3.93. The summed E-state index contributed by atoms with van der Waals surface area (Å²) in [6.07, 6.45) is 0. The molecule has 0 heterocycles. The average molecular weight is 292 g/mol. The van der Waals surface area contributed by atoms with E-state index < -0.39 is 0 Å². The number of anilines is 1. The Bertz CT molecular complexity index is 759. The molecule has 2 aromatic carbocycles. The number of para-hydroxylation sites is 1. The van der Waals surface area contributed by atoms with E-state index in [-0.39, 0.29) is 11.6 Å². The third-order valence-corrected chi connectivity index (χ3v) is 2.94. The maximum atomic E-state index is 11.7. The number of nitriles is 1. The summed E-state index contributed by atoms with van der Waals surface area (Å²) >= 11 is 0. The highest BCUT2D eigenvalue weighted by Gasteiger charge is 2.07. The molecule has 0 aromatic heterocycles. The lowest BCUT2D eigenvalue weighted by molar-refractivity contribution is -0.111. The monoisotopic (exact) mass is 292 g/mol. The van der Waals surface area contributed by atoms with Gasteiger partial charge in [-0.25, -0.2) is 4.99 Å². The standard InChI is InChI=1S/C17H16N4O/c1-12-6-5-8-15(10-12)19-17(13(2)22)21-20-16-9-4-3-7-14(16)11-18/h3-10,20H,1-2H3,(H,19,21). The number of Topliss-reactive ketones (excluding diaryl/α,β-unsaturated/α-hetero) is 1. The molecule has 0 spiro atoms. The van der Waals surface area contributed by atoms with Gasteiger partial charge in [-0.3, -0.25) is 15.6 Å². The van der Waals surface area contributed by atoms with Crippen LogP contribution in [-0.4, -0.2) is 11.6 Å². The van der Waals surface area contributed by atoms with Crippen LogP contribution in [0.2, 0.25) is 0 Å². The Labute approximate surface area is 129 Å².